The van der Waals surface area contributed by atoms with Crippen LogP contribution in [0.15, 0.2) is 168 Å². The molecule has 0 aliphatic heterocycles. The molecule has 238 valence electrons. The van der Waals surface area contributed by atoms with Crippen LogP contribution in [-0.2, 0) is 0 Å². The third-order valence-corrected chi connectivity index (χ3v) is 8.58. The Hall–Kier alpha value is -7.05. The van der Waals surface area contributed by atoms with Crippen molar-refractivity contribution in [2.75, 3.05) is 0 Å². The molecule has 0 aliphatic carbocycles. The first-order valence-corrected chi connectivity index (χ1v) is 15.4. The number of fused-ring (bicyclic) bond motifs is 9. The van der Waals surface area contributed by atoms with Gasteiger partial charge in [0, 0.05) is 49.1 Å². The third kappa shape index (κ3) is 4.20. The Balaban J connectivity index is 1.40. The summed E-state index contributed by atoms with van der Waals surface area (Å²) in [6.45, 7) is 0. The van der Waals surface area contributed by atoms with Gasteiger partial charge in [-0.25, -0.2) is 4.98 Å². The molecule has 0 aliphatic rings. The lowest BCUT2D eigenvalue weighted by Crippen LogP contribution is -2.06. The Labute approximate surface area is 319 Å². The molecule has 0 spiro atoms. The zero-order chi connectivity index (χ0) is 50.9. The monoisotopic (exact) mass is 673 g/mol. The minimum Gasteiger partial charge on any atom is -0.456 e. The molecular formula is C45H27N5O. The average molecular weight is 674 g/mol. The molecule has 4 aromatic heterocycles. The first-order valence-electron chi connectivity index (χ1n) is 25.4. The molecule has 11 rings (SSSR count). The van der Waals surface area contributed by atoms with Crippen LogP contribution in [0.4, 0.5) is 0 Å². The number of aromatic nitrogens is 5. The van der Waals surface area contributed by atoms with E-state index in [4.69, 9.17) is 23.6 Å². The second-order valence-corrected chi connectivity index (χ2v) is 11.4. The minimum absolute atomic E-state index is 0.155. The SMILES string of the molecule is [2H]c1c([2H])c([2H])c(-c2nc(-c3c([2H])c([2H])c([2H])c([2H])c3[2H])nc(-n3c4c([2H])c([2H])c([2H])c([2H])c4c4c([2H])c5c6c([2H])c([2H])c([2H])c([2H])c6n(-c6ccc7oc8ccccc8c7c6)c5c([2H])c43)n2)c([2H])c1[2H]. The van der Waals surface area contributed by atoms with E-state index in [0.29, 0.717) is 21.9 Å². The highest BCUT2D eigenvalue weighted by atomic mass is 16.3. The van der Waals surface area contributed by atoms with E-state index < -0.39 is 161 Å². The van der Waals surface area contributed by atoms with E-state index in [1.807, 2.05) is 6.07 Å². The second-order valence-electron chi connectivity index (χ2n) is 11.4. The fraction of sp³-hybridized carbons (Fsp3) is 0. The average Bonchev–Trinajstić information content (AvgIpc) is 4.05. The summed E-state index contributed by atoms with van der Waals surface area (Å²) in [5, 5.41) is 0.136. The molecule has 0 unspecified atom stereocenters. The van der Waals surface area contributed by atoms with Gasteiger partial charge in [-0.1, -0.05) is 115 Å². The van der Waals surface area contributed by atoms with E-state index in [-0.39, 0.29) is 38.3 Å². The molecule has 7 aromatic carbocycles. The van der Waals surface area contributed by atoms with E-state index in [1.165, 1.54) is 4.57 Å². The first kappa shape index (κ1) is 14.8. The molecule has 0 N–H and O–H groups in total. The lowest BCUT2D eigenvalue weighted by Gasteiger charge is -2.11. The van der Waals surface area contributed by atoms with Gasteiger partial charge >= 0.3 is 0 Å². The lowest BCUT2D eigenvalue weighted by atomic mass is 10.1. The van der Waals surface area contributed by atoms with Gasteiger partial charge in [0.25, 0.3) is 0 Å². The summed E-state index contributed by atoms with van der Waals surface area (Å²) in [5.74, 6) is -2.16. The maximum Gasteiger partial charge on any atom is 0.238 e. The molecule has 6 heteroatoms. The van der Waals surface area contributed by atoms with E-state index >= 15 is 0 Å². The Morgan fingerprint density at radius 1 is 0.451 bits per heavy atom. The van der Waals surface area contributed by atoms with E-state index in [9.17, 15) is 8.22 Å². The zero-order valence-corrected chi connectivity index (χ0v) is 25.7. The molecule has 6 nitrogen and oxygen atoms in total. The molecule has 51 heavy (non-hydrogen) atoms. The number of hydrogen-bond donors (Lipinski definition) is 0. The smallest absolute Gasteiger partial charge is 0.238 e. The maximum absolute atomic E-state index is 10.3. The Kier molecular flexibility index (Phi) is 3.12. The van der Waals surface area contributed by atoms with E-state index in [1.54, 1.807) is 36.4 Å². The summed E-state index contributed by atoms with van der Waals surface area (Å²) in [6, 6.07) is -2.76. The molecule has 0 fully saturated rings. The van der Waals surface area contributed by atoms with Crippen LogP contribution in [-0.4, -0.2) is 24.1 Å². The fourth-order valence-electron chi connectivity index (χ4n) is 6.43. The van der Waals surface area contributed by atoms with Crippen LogP contribution in [0.25, 0.3) is 100.0 Å². The quantitative estimate of drug-likeness (QED) is 0.187. The molecule has 11 aromatic rings. The highest BCUT2D eigenvalue weighted by molar-refractivity contribution is 6.19. The van der Waals surface area contributed by atoms with Gasteiger partial charge in [-0.15, -0.1) is 0 Å². The van der Waals surface area contributed by atoms with Crippen LogP contribution in [0.3, 0.4) is 0 Å². The Morgan fingerprint density at radius 2 is 1.02 bits per heavy atom. The Morgan fingerprint density at radius 3 is 1.71 bits per heavy atom. The number of para-hydroxylation sites is 3. The molecule has 0 saturated heterocycles. The van der Waals surface area contributed by atoms with Crippen molar-refractivity contribution in [1.82, 2.24) is 24.1 Å². The molecular weight excluding hydrogens is 627 g/mol. The van der Waals surface area contributed by atoms with Crippen molar-refractivity contribution in [3.8, 4) is 34.4 Å². The van der Waals surface area contributed by atoms with Crippen molar-refractivity contribution in [1.29, 1.82) is 0 Å². The summed E-state index contributed by atoms with van der Waals surface area (Å²) in [4.78, 5) is 13.4. The van der Waals surface area contributed by atoms with Gasteiger partial charge in [-0.3, -0.25) is 4.57 Å². The number of rotatable bonds is 4. The lowest BCUT2D eigenvalue weighted by molar-refractivity contribution is 0.669. The Bertz CT molecular complexity index is 4170. The van der Waals surface area contributed by atoms with Crippen LogP contribution < -0.4 is 0 Å². The fourth-order valence-corrected chi connectivity index (χ4v) is 6.43. The van der Waals surface area contributed by atoms with Gasteiger partial charge in [0.2, 0.25) is 5.95 Å². The molecule has 0 saturated carbocycles. The van der Waals surface area contributed by atoms with Crippen LogP contribution in [0.2, 0.25) is 0 Å². The standard InChI is InChI=1S/C45H27N5O/c1-3-13-28(14-4-1)43-46-44(29-15-5-2-6-16-29)48-45(47-43)50-38-21-11-8-18-32(38)35-26-34-31-17-7-10-20-37(31)49(39(34)27-40(35)50)30-23-24-42-36(25-30)33-19-9-12-22-41(33)51-42/h1-27H/i1D,2D,3D,4D,5D,6D,7D,8D,10D,11D,13D,14D,15D,16D,17D,18D,20D,21D,26D,27D. The van der Waals surface area contributed by atoms with Gasteiger partial charge in [0.15, 0.2) is 11.6 Å². The molecule has 0 atom stereocenters. The maximum atomic E-state index is 10.3. The predicted octanol–water partition coefficient (Wildman–Crippen LogP) is 11.3. The van der Waals surface area contributed by atoms with Crippen LogP contribution >= 0.6 is 0 Å². The van der Waals surface area contributed by atoms with Gasteiger partial charge < -0.3 is 8.98 Å². The predicted molar refractivity (Wildman–Crippen MR) is 207 cm³/mol. The van der Waals surface area contributed by atoms with Crippen LogP contribution in [0, 0.1) is 0 Å². The van der Waals surface area contributed by atoms with Crippen molar-refractivity contribution in [2.45, 2.75) is 0 Å². The summed E-state index contributed by atoms with van der Waals surface area (Å²) >= 11 is 0. The second kappa shape index (κ2) is 10.7. The summed E-state index contributed by atoms with van der Waals surface area (Å²) in [6.07, 6.45) is 0. The number of benzene rings is 7. The summed E-state index contributed by atoms with van der Waals surface area (Å²) in [5.41, 5.74) is -1.30. The molecule has 0 radical (unpaired) electrons. The van der Waals surface area contributed by atoms with Crippen molar-refractivity contribution >= 4 is 65.6 Å². The number of hydrogen-bond acceptors (Lipinski definition) is 4. The highest BCUT2D eigenvalue weighted by Crippen LogP contribution is 2.40. The summed E-state index contributed by atoms with van der Waals surface area (Å²) in [7, 11) is 0. The minimum atomic E-state index is -0.826. The van der Waals surface area contributed by atoms with Crippen molar-refractivity contribution in [3.63, 3.8) is 0 Å². The molecule has 0 bridgehead atoms. The normalized spacial score (nSPS) is 17.4. The van der Waals surface area contributed by atoms with Gasteiger partial charge in [-0.05, 0) is 48.4 Å². The molecule has 0 amide bonds. The van der Waals surface area contributed by atoms with Gasteiger partial charge in [-0.2, -0.15) is 9.97 Å². The largest absolute Gasteiger partial charge is 0.456 e. The van der Waals surface area contributed by atoms with E-state index in [0.717, 1.165) is 4.57 Å². The molecule has 4 heterocycles. The van der Waals surface area contributed by atoms with Gasteiger partial charge in [0.05, 0.1) is 49.5 Å². The summed E-state index contributed by atoms with van der Waals surface area (Å²) < 4.78 is 187. The number of furan rings is 1. The number of nitrogens with zero attached hydrogens (tertiary/aromatic N) is 5. The zero-order valence-electron chi connectivity index (χ0n) is 45.7. The van der Waals surface area contributed by atoms with Crippen molar-refractivity contribution < 1.29 is 31.8 Å². The first-order chi connectivity index (χ1) is 33.6. The highest BCUT2D eigenvalue weighted by Gasteiger charge is 2.21. The topological polar surface area (TPSA) is 61.7 Å². The van der Waals surface area contributed by atoms with E-state index in [2.05, 4.69) is 15.0 Å². The van der Waals surface area contributed by atoms with Crippen molar-refractivity contribution in [2.24, 2.45) is 0 Å². The van der Waals surface area contributed by atoms with Crippen LogP contribution in [0.5, 0.6) is 0 Å². The van der Waals surface area contributed by atoms with Gasteiger partial charge in [0.1, 0.15) is 11.2 Å². The third-order valence-electron chi connectivity index (χ3n) is 8.58. The van der Waals surface area contributed by atoms with Crippen molar-refractivity contribution in [3.05, 3.63) is 163 Å². The van der Waals surface area contributed by atoms with Crippen LogP contribution in [0.1, 0.15) is 27.4 Å².